The van der Waals surface area contributed by atoms with E-state index < -0.39 is 23.8 Å². The topological polar surface area (TPSA) is 63.7 Å². The van der Waals surface area contributed by atoms with Crippen LogP contribution in [-0.2, 0) is 4.74 Å². The summed E-state index contributed by atoms with van der Waals surface area (Å²) in [7, 11) is 3.16. The number of likely N-dealkylation sites (N-methyl/N-ethyl adjacent to an activating group) is 1. The molecule has 1 unspecified atom stereocenters. The molecule has 8 heteroatoms. The van der Waals surface area contributed by atoms with Gasteiger partial charge in [-0.25, -0.2) is 9.78 Å². The van der Waals surface area contributed by atoms with Gasteiger partial charge in [0.2, 0.25) is 5.95 Å². The summed E-state index contributed by atoms with van der Waals surface area (Å²) < 4.78 is 25.9. The van der Waals surface area contributed by atoms with E-state index in [0.717, 1.165) is 21.0 Å². The van der Waals surface area contributed by atoms with E-state index in [1.807, 2.05) is 18.2 Å². The number of ether oxygens (including phenoxy) is 2. The molecule has 0 aliphatic carbocycles. The Bertz CT molecular complexity index is 1130. The smallest absolute Gasteiger partial charge is 0.411 e. The van der Waals surface area contributed by atoms with Crippen LogP contribution in [0.5, 0.6) is 5.75 Å². The maximum atomic E-state index is 14.4. The Morgan fingerprint density at radius 1 is 1.39 bits per heavy atom. The standard InChI is InChI=1S/C23H24FN3O3S/c1-23(2,3)30-22(28)27(4)19-13-10-15(21(24)26-19)8-6-7-9-20-25-17-12-11-16(29-5)14-18(17)31-20/h7,9-14,19,26H,1-5H3/b9-7+. The van der Waals surface area contributed by atoms with E-state index >= 15 is 0 Å². The number of amides is 1. The van der Waals surface area contributed by atoms with Crippen molar-refractivity contribution in [3.05, 3.63) is 53.0 Å². The van der Waals surface area contributed by atoms with Crippen molar-refractivity contribution in [2.45, 2.75) is 32.5 Å². The number of allylic oxidation sites excluding steroid dienone is 3. The number of benzene rings is 1. The third-order valence-electron chi connectivity index (χ3n) is 4.18. The van der Waals surface area contributed by atoms with Gasteiger partial charge in [0, 0.05) is 7.05 Å². The first kappa shape index (κ1) is 22.4. The Morgan fingerprint density at radius 3 is 2.84 bits per heavy atom. The number of carbonyl (C=O) groups excluding carboxylic acids is 1. The van der Waals surface area contributed by atoms with Gasteiger partial charge in [-0.3, -0.25) is 4.90 Å². The van der Waals surface area contributed by atoms with Crippen molar-refractivity contribution in [3.8, 4) is 17.6 Å². The number of fused-ring (bicyclic) bond motifs is 1. The van der Waals surface area contributed by atoms with Gasteiger partial charge >= 0.3 is 6.09 Å². The van der Waals surface area contributed by atoms with Gasteiger partial charge in [0.25, 0.3) is 0 Å². The Labute approximate surface area is 185 Å². The number of carbonyl (C=O) groups is 1. The SMILES string of the molecule is COc1ccc2nc(/C=C/C#CC3=C(F)NC(N(C)C(=O)OC(C)(C)C)C=C3)sc2c1. The molecule has 1 aromatic carbocycles. The van der Waals surface area contributed by atoms with Crippen molar-refractivity contribution in [1.29, 1.82) is 0 Å². The quantitative estimate of drug-likeness (QED) is 0.545. The molecule has 1 atom stereocenters. The van der Waals surface area contributed by atoms with Crippen LogP contribution in [-0.4, -0.2) is 41.9 Å². The molecule has 3 rings (SSSR count). The van der Waals surface area contributed by atoms with Crippen LogP contribution in [0.3, 0.4) is 0 Å². The summed E-state index contributed by atoms with van der Waals surface area (Å²) in [5.41, 5.74) is 0.454. The number of rotatable bonds is 3. The van der Waals surface area contributed by atoms with Crippen molar-refractivity contribution < 1.29 is 18.7 Å². The molecule has 1 N–H and O–H groups in total. The second kappa shape index (κ2) is 9.23. The Hall–Kier alpha value is -3.31. The molecule has 162 valence electrons. The Kier molecular flexibility index (Phi) is 6.66. The number of aromatic nitrogens is 1. The molecule has 2 heterocycles. The first-order valence-corrected chi connectivity index (χ1v) is 10.4. The molecule has 31 heavy (non-hydrogen) atoms. The third kappa shape index (κ3) is 5.86. The summed E-state index contributed by atoms with van der Waals surface area (Å²) in [4.78, 5) is 17.9. The molecule has 0 saturated heterocycles. The van der Waals surface area contributed by atoms with Gasteiger partial charge in [0.1, 0.15) is 22.5 Å². The van der Waals surface area contributed by atoms with Gasteiger partial charge in [0.15, 0.2) is 0 Å². The van der Waals surface area contributed by atoms with Gasteiger partial charge < -0.3 is 14.8 Å². The summed E-state index contributed by atoms with van der Waals surface area (Å²) in [5, 5.41) is 3.42. The number of dihydropyridines is 1. The maximum Gasteiger partial charge on any atom is 0.411 e. The highest BCUT2D eigenvalue weighted by molar-refractivity contribution is 7.19. The van der Waals surface area contributed by atoms with E-state index in [-0.39, 0.29) is 5.57 Å². The van der Waals surface area contributed by atoms with Crippen LogP contribution in [0.1, 0.15) is 25.8 Å². The van der Waals surface area contributed by atoms with E-state index in [0.29, 0.717) is 0 Å². The molecule has 0 fully saturated rings. The zero-order valence-corrected chi connectivity index (χ0v) is 18.8. The molecule has 0 saturated carbocycles. The number of methoxy groups -OCH3 is 1. The van der Waals surface area contributed by atoms with Crippen LogP contribution in [0.4, 0.5) is 9.18 Å². The van der Waals surface area contributed by atoms with Crippen LogP contribution < -0.4 is 10.1 Å². The normalized spacial score (nSPS) is 16.1. The molecule has 0 bridgehead atoms. The van der Waals surface area contributed by atoms with E-state index in [9.17, 15) is 9.18 Å². The first-order valence-electron chi connectivity index (χ1n) is 9.59. The molecule has 0 spiro atoms. The summed E-state index contributed by atoms with van der Waals surface area (Å²) >= 11 is 1.52. The average Bonchev–Trinajstić information content (AvgIpc) is 3.12. The molecular formula is C23H24FN3O3S. The maximum absolute atomic E-state index is 14.4. The highest BCUT2D eigenvalue weighted by Crippen LogP contribution is 2.26. The van der Waals surface area contributed by atoms with Gasteiger partial charge in [-0.2, -0.15) is 4.39 Å². The van der Waals surface area contributed by atoms with E-state index in [4.69, 9.17) is 9.47 Å². The highest BCUT2D eigenvalue weighted by Gasteiger charge is 2.26. The lowest BCUT2D eigenvalue weighted by atomic mass is 10.2. The van der Waals surface area contributed by atoms with Crippen molar-refractivity contribution in [2.24, 2.45) is 0 Å². The summed E-state index contributed by atoms with van der Waals surface area (Å²) in [6.07, 6.45) is 5.40. The van der Waals surface area contributed by atoms with Gasteiger partial charge in [-0.05, 0) is 63.3 Å². The summed E-state index contributed by atoms with van der Waals surface area (Å²) in [6, 6.07) is 5.69. The lowest BCUT2D eigenvalue weighted by molar-refractivity contribution is 0.0233. The molecule has 1 aliphatic rings. The molecule has 1 aromatic heterocycles. The number of halogens is 1. The van der Waals surface area contributed by atoms with Crippen molar-refractivity contribution >= 4 is 33.7 Å². The third-order valence-corrected chi connectivity index (χ3v) is 5.17. The summed E-state index contributed by atoms with van der Waals surface area (Å²) in [6.45, 7) is 5.32. The highest BCUT2D eigenvalue weighted by atomic mass is 32.1. The van der Waals surface area contributed by atoms with Crippen molar-refractivity contribution in [2.75, 3.05) is 14.2 Å². The fourth-order valence-corrected chi connectivity index (χ4v) is 3.54. The molecule has 1 aliphatic heterocycles. The fourth-order valence-electron chi connectivity index (χ4n) is 2.64. The second-order valence-electron chi connectivity index (χ2n) is 7.76. The largest absolute Gasteiger partial charge is 0.497 e. The molecule has 0 radical (unpaired) electrons. The molecular weight excluding hydrogens is 417 g/mol. The number of thiazole rings is 1. The van der Waals surface area contributed by atoms with E-state index in [1.54, 1.807) is 52.2 Å². The fraction of sp³-hybridized carbons (Fsp3) is 0.304. The molecule has 2 aromatic rings. The molecule has 6 nitrogen and oxygen atoms in total. The van der Waals surface area contributed by atoms with Crippen LogP contribution in [0, 0.1) is 11.8 Å². The zero-order chi connectivity index (χ0) is 22.6. The number of nitrogens with zero attached hydrogens (tertiary/aromatic N) is 2. The van der Waals surface area contributed by atoms with Gasteiger partial charge in [-0.15, -0.1) is 11.3 Å². The lowest BCUT2D eigenvalue weighted by Crippen LogP contribution is -2.47. The predicted octanol–water partition coefficient (Wildman–Crippen LogP) is 4.86. The van der Waals surface area contributed by atoms with Crippen molar-refractivity contribution in [1.82, 2.24) is 15.2 Å². The number of nitrogens with one attached hydrogen (secondary N) is 1. The minimum absolute atomic E-state index is 0.201. The summed E-state index contributed by atoms with van der Waals surface area (Å²) in [5.74, 6) is 5.75. The van der Waals surface area contributed by atoms with Crippen LogP contribution >= 0.6 is 11.3 Å². The number of hydrogen-bond acceptors (Lipinski definition) is 6. The average molecular weight is 442 g/mol. The predicted molar refractivity (Wildman–Crippen MR) is 121 cm³/mol. The molecule has 1 amide bonds. The zero-order valence-electron chi connectivity index (χ0n) is 18.0. The van der Waals surface area contributed by atoms with Gasteiger partial charge in [-0.1, -0.05) is 11.8 Å². The van der Waals surface area contributed by atoms with Gasteiger partial charge in [0.05, 0.1) is 22.9 Å². The van der Waals surface area contributed by atoms with E-state index in [1.165, 1.54) is 23.3 Å². The first-order chi connectivity index (χ1) is 14.7. The van der Waals surface area contributed by atoms with Crippen molar-refractivity contribution in [3.63, 3.8) is 0 Å². The lowest BCUT2D eigenvalue weighted by Gasteiger charge is -2.30. The van der Waals surface area contributed by atoms with E-state index in [2.05, 4.69) is 22.1 Å². The van der Waals surface area contributed by atoms with Crippen LogP contribution in [0.25, 0.3) is 16.3 Å². The minimum Gasteiger partial charge on any atom is -0.497 e. The Morgan fingerprint density at radius 2 is 2.16 bits per heavy atom. The Balaban J connectivity index is 1.63. The second-order valence-corrected chi connectivity index (χ2v) is 8.82. The monoisotopic (exact) mass is 441 g/mol. The minimum atomic E-state index is -0.657. The van der Waals surface area contributed by atoms with Crippen LogP contribution in [0.15, 0.2) is 48.0 Å². The van der Waals surface area contributed by atoms with Crippen LogP contribution in [0.2, 0.25) is 0 Å². The number of hydrogen-bond donors (Lipinski definition) is 1.